The van der Waals surface area contributed by atoms with E-state index in [-0.39, 0.29) is 16.8 Å². The lowest BCUT2D eigenvalue weighted by atomic mass is 10.4. The Balaban J connectivity index is 4.52. The maximum absolute atomic E-state index is 11.3. The van der Waals surface area contributed by atoms with Crippen molar-refractivity contribution in [1.82, 2.24) is 4.31 Å². The molecule has 2 N–H and O–H groups in total. The average molecular weight is 210 g/mol. The van der Waals surface area contributed by atoms with Crippen molar-refractivity contribution >= 4 is 27.2 Å². The van der Waals surface area contributed by atoms with Gasteiger partial charge in [0.1, 0.15) is 5.75 Å². The van der Waals surface area contributed by atoms with E-state index < -0.39 is 10.0 Å². The van der Waals surface area contributed by atoms with Crippen LogP contribution in [0.1, 0.15) is 13.8 Å². The lowest BCUT2D eigenvalue weighted by Crippen LogP contribution is -2.38. The minimum Gasteiger partial charge on any atom is -0.392 e. The second-order valence-corrected chi connectivity index (χ2v) is 5.39. The van der Waals surface area contributed by atoms with E-state index in [2.05, 4.69) is 12.2 Å². The highest BCUT2D eigenvalue weighted by molar-refractivity contribution is 7.92. The largest absolute Gasteiger partial charge is 0.392 e. The SMILES string of the molecule is CC(C)N(C)S(=O)(=O)CC(N)=S. The second kappa shape index (κ2) is 4.15. The lowest BCUT2D eigenvalue weighted by molar-refractivity contribution is 0.413. The Morgan fingerprint density at radius 1 is 1.58 bits per heavy atom. The van der Waals surface area contributed by atoms with Crippen molar-refractivity contribution in [2.75, 3.05) is 12.8 Å². The van der Waals surface area contributed by atoms with Crippen molar-refractivity contribution in [1.29, 1.82) is 0 Å². The molecular weight excluding hydrogens is 196 g/mol. The maximum Gasteiger partial charge on any atom is 0.220 e. The quantitative estimate of drug-likeness (QED) is 0.660. The molecule has 6 heteroatoms. The minimum absolute atomic E-state index is 0.00231. The summed E-state index contributed by atoms with van der Waals surface area (Å²) in [5, 5.41) is 0. The Labute approximate surface area is 78.8 Å². The fourth-order valence-corrected chi connectivity index (χ4v) is 2.26. The minimum atomic E-state index is -3.29. The molecule has 0 aliphatic rings. The molecule has 0 atom stereocenters. The molecule has 0 saturated heterocycles. The Morgan fingerprint density at radius 3 is 2.25 bits per heavy atom. The first-order valence-corrected chi connectivity index (χ1v) is 5.53. The van der Waals surface area contributed by atoms with Crippen LogP contribution in [0.5, 0.6) is 0 Å². The van der Waals surface area contributed by atoms with Gasteiger partial charge < -0.3 is 5.73 Å². The van der Waals surface area contributed by atoms with Crippen molar-refractivity contribution in [2.45, 2.75) is 19.9 Å². The zero-order chi connectivity index (χ0) is 9.94. The Bertz CT molecular complexity index is 259. The number of hydrogen-bond donors (Lipinski definition) is 1. The molecule has 0 aromatic rings. The molecule has 0 aromatic heterocycles. The van der Waals surface area contributed by atoms with Gasteiger partial charge in [0.25, 0.3) is 0 Å². The van der Waals surface area contributed by atoms with Crippen LogP contribution in [-0.4, -0.2) is 36.6 Å². The number of sulfonamides is 1. The van der Waals surface area contributed by atoms with Gasteiger partial charge in [0.15, 0.2) is 0 Å². The van der Waals surface area contributed by atoms with Crippen LogP contribution in [0.25, 0.3) is 0 Å². The first-order chi connectivity index (χ1) is 5.27. The third-order valence-electron chi connectivity index (χ3n) is 1.49. The van der Waals surface area contributed by atoms with Crippen LogP contribution in [0.4, 0.5) is 0 Å². The molecule has 72 valence electrons. The topological polar surface area (TPSA) is 63.4 Å². The molecule has 0 heterocycles. The highest BCUT2D eigenvalue weighted by Crippen LogP contribution is 2.03. The zero-order valence-electron chi connectivity index (χ0n) is 7.44. The van der Waals surface area contributed by atoms with E-state index in [1.807, 2.05) is 0 Å². The summed E-state index contributed by atoms with van der Waals surface area (Å²) in [6.07, 6.45) is 0. The van der Waals surface area contributed by atoms with E-state index in [0.717, 1.165) is 0 Å². The summed E-state index contributed by atoms with van der Waals surface area (Å²) < 4.78 is 23.9. The molecule has 12 heavy (non-hydrogen) atoms. The molecule has 0 spiro atoms. The molecule has 0 aliphatic carbocycles. The Morgan fingerprint density at radius 2 is 2.00 bits per heavy atom. The van der Waals surface area contributed by atoms with Crippen LogP contribution in [0.15, 0.2) is 0 Å². The maximum atomic E-state index is 11.3. The van der Waals surface area contributed by atoms with Crippen LogP contribution >= 0.6 is 12.2 Å². The molecule has 0 rings (SSSR count). The smallest absolute Gasteiger partial charge is 0.220 e. The van der Waals surface area contributed by atoms with Crippen molar-refractivity contribution < 1.29 is 8.42 Å². The molecule has 0 amide bonds. The number of thiocarbonyl (C=S) groups is 1. The molecule has 0 radical (unpaired) electrons. The summed E-state index contributed by atoms with van der Waals surface area (Å²) in [4.78, 5) is 0.00231. The van der Waals surface area contributed by atoms with E-state index in [4.69, 9.17) is 5.73 Å². The predicted octanol–water partition coefficient (Wildman–Crippen LogP) is -0.0575. The molecule has 4 nitrogen and oxygen atoms in total. The molecule has 0 unspecified atom stereocenters. The summed E-state index contributed by atoms with van der Waals surface area (Å²) in [7, 11) is -1.78. The van der Waals surface area contributed by atoms with E-state index in [1.54, 1.807) is 13.8 Å². The summed E-state index contributed by atoms with van der Waals surface area (Å²) in [6, 6.07) is -0.0654. The van der Waals surface area contributed by atoms with Crippen LogP contribution in [0, 0.1) is 0 Å². The van der Waals surface area contributed by atoms with Crippen molar-refractivity contribution in [2.24, 2.45) is 5.73 Å². The predicted molar refractivity (Wildman–Crippen MR) is 53.5 cm³/mol. The van der Waals surface area contributed by atoms with Crippen molar-refractivity contribution in [3.63, 3.8) is 0 Å². The van der Waals surface area contributed by atoms with Gasteiger partial charge in [-0.15, -0.1) is 0 Å². The molecule has 0 bridgehead atoms. The standard InChI is InChI=1S/C6H14N2O2S2/c1-5(2)8(3)12(9,10)4-6(7)11/h5H,4H2,1-3H3,(H2,7,11). The van der Waals surface area contributed by atoms with Gasteiger partial charge in [-0.05, 0) is 13.8 Å². The molecular formula is C6H14N2O2S2. The van der Waals surface area contributed by atoms with E-state index in [1.165, 1.54) is 11.4 Å². The number of rotatable bonds is 4. The fraction of sp³-hybridized carbons (Fsp3) is 0.833. The monoisotopic (exact) mass is 210 g/mol. The van der Waals surface area contributed by atoms with Gasteiger partial charge >= 0.3 is 0 Å². The number of nitrogens with two attached hydrogens (primary N) is 1. The third kappa shape index (κ3) is 3.46. The summed E-state index contributed by atoms with van der Waals surface area (Å²) in [5.74, 6) is -0.253. The summed E-state index contributed by atoms with van der Waals surface area (Å²) >= 11 is 4.52. The van der Waals surface area contributed by atoms with E-state index in [9.17, 15) is 8.42 Å². The van der Waals surface area contributed by atoms with Gasteiger partial charge in [0.2, 0.25) is 10.0 Å². The summed E-state index contributed by atoms with van der Waals surface area (Å²) in [6.45, 7) is 3.58. The first-order valence-electron chi connectivity index (χ1n) is 3.51. The third-order valence-corrected chi connectivity index (χ3v) is 3.79. The van der Waals surface area contributed by atoms with Crippen LogP contribution in [0.2, 0.25) is 0 Å². The van der Waals surface area contributed by atoms with E-state index >= 15 is 0 Å². The Kier molecular flexibility index (Phi) is 4.09. The highest BCUT2D eigenvalue weighted by atomic mass is 32.2. The van der Waals surface area contributed by atoms with Crippen LogP contribution < -0.4 is 5.73 Å². The first kappa shape index (κ1) is 11.8. The average Bonchev–Trinajstić information content (AvgIpc) is 1.82. The number of hydrogen-bond acceptors (Lipinski definition) is 3. The normalized spacial score (nSPS) is 12.4. The highest BCUT2D eigenvalue weighted by Gasteiger charge is 2.20. The van der Waals surface area contributed by atoms with Crippen LogP contribution in [0.3, 0.4) is 0 Å². The van der Waals surface area contributed by atoms with E-state index in [0.29, 0.717) is 0 Å². The molecule has 0 aliphatic heterocycles. The Hall–Kier alpha value is -0.200. The van der Waals surface area contributed by atoms with Gasteiger partial charge in [-0.3, -0.25) is 0 Å². The summed E-state index contributed by atoms with van der Waals surface area (Å²) in [5.41, 5.74) is 5.14. The van der Waals surface area contributed by atoms with Gasteiger partial charge in [0.05, 0.1) is 4.99 Å². The van der Waals surface area contributed by atoms with Crippen molar-refractivity contribution in [3.8, 4) is 0 Å². The number of nitrogens with zero attached hydrogens (tertiary/aromatic N) is 1. The van der Waals surface area contributed by atoms with Crippen LogP contribution in [-0.2, 0) is 10.0 Å². The molecule has 0 fully saturated rings. The second-order valence-electron chi connectivity index (χ2n) is 2.83. The lowest BCUT2D eigenvalue weighted by Gasteiger charge is -2.20. The molecule has 0 saturated carbocycles. The van der Waals surface area contributed by atoms with Gasteiger partial charge in [-0.25, -0.2) is 12.7 Å². The van der Waals surface area contributed by atoms with Gasteiger partial charge in [-0.1, -0.05) is 12.2 Å². The fourth-order valence-electron chi connectivity index (χ4n) is 0.603. The van der Waals surface area contributed by atoms with Gasteiger partial charge in [0, 0.05) is 13.1 Å². The molecule has 0 aromatic carbocycles. The zero-order valence-corrected chi connectivity index (χ0v) is 9.08. The van der Waals surface area contributed by atoms with Crippen molar-refractivity contribution in [3.05, 3.63) is 0 Å². The van der Waals surface area contributed by atoms with Gasteiger partial charge in [-0.2, -0.15) is 0 Å².